The Morgan fingerprint density at radius 1 is 1.28 bits per heavy atom. The van der Waals surface area contributed by atoms with Gasteiger partial charge in [0.05, 0.1) is 12.7 Å². The lowest BCUT2D eigenvalue weighted by molar-refractivity contribution is -0.130. The van der Waals surface area contributed by atoms with Crippen molar-refractivity contribution >= 4 is 11.7 Å². The van der Waals surface area contributed by atoms with Crippen molar-refractivity contribution in [3.63, 3.8) is 0 Å². The second-order valence-electron chi connectivity index (χ2n) is 6.22. The van der Waals surface area contributed by atoms with Crippen LogP contribution in [0.1, 0.15) is 26.2 Å². The predicted octanol–water partition coefficient (Wildman–Crippen LogP) is 3.66. The first kappa shape index (κ1) is 17.6. The van der Waals surface area contributed by atoms with Crippen molar-refractivity contribution in [2.75, 3.05) is 18.5 Å². The summed E-state index contributed by atoms with van der Waals surface area (Å²) in [6.07, 6.45) is 4.46. The third-order valence-electron chi connectivity index (χ3n) is 4.31. The van der Waals surface area contributed by atoms with E-state index in [4.69, 9.17) is 9.47 Å². The fourth-order valence-electron chi connectivity index (χ4n) is 2.84. The van der Waals surface area contributed by atoms with Crippen LogP contribution in [0.3, 0.4) is 0 Å². The highest BCUT2D eigenvalue weighted by molar-refractivity contribution is 5.96. The number of rotatable bonds is 6. The van der Waals surface area contributed by atoms with Crippen LogP contribution in [0.15, 0.2) is 48.7 Å². The van der Waals surface area contributed by atoms with Crippen molar-refractivity contribution in [2.45, 2.75) is 38.4 Å². The third-order valence-corrected chi connectivity index (χ3v) is 4.31. The van der Waals surface area contributed by atoms with Gasteiger partial charge in [-0.05, 0) is 43.9 Å². The molecular formula is C20H24N2O3. The largest absolute Gasteiger partial charge is 0.376 e. The standard InChI is InChI=1S/C20H24N2O3/c1-15(25-14-17-10-5-6-13-24-17)20(23)22-19-18(11-7-12-21-19)16-8-3-2-4-9-16/h2-4,7-9,11-12,15,17H,5-6,10,13-14H2,1H3,(H,21,22,23)/t15-,17-/m0/s1. The normalized spacial score (nSPS) is 18.5. The van der Waals surface area contributed by atoms with Gasteiger partial charge in [-0.3, -0.25) is 4.79 Å². The molecule has 1 amide bonds. The zero-order valence-electron chi connectivity index (χ0n) is 14.5. The van der Waals surface area contributed by atoms with Crippen molar-refractivity contribution in [3.05, 3.63) is 48.7 Å². The number of ether oxygens (including phenoxy) is 2. The molecule has 1 fully saturated rings. The van der Waals surface area contributed by atoms with Crippen LogP contribution in [0.4, 0.5) is 5.82 Å². The van der Waals surface area contributed by atoms with Gasteiger partial charge in [-0.1, -0.05) is 30.3 Å². The van der Waals surface area contributed by atoms with Gasteiger partial charge >= 0.3 is 0 Å². The fraction of sp³-hybridized carbons (Fsp3) is 0.400. The van der Waals surface area contributed by atoms with E-state index in [-0.39, 0.29) is 12.0 Å². The maximum atomic E-state index is 12.5. The molecule has 1 aliphatic heterocycles. The molecular weight excluding hydrogens is 316 g/mol. The predicted molar refractivity (Wildman–Crippen MR) is 97.3 cm³/mol. The van der Waals surface area contributed by atoms with Gasteiger partial charge in [0.2, 0.25) is 0 Å². The Morgan fingerprint density at radius 3 is 2.88 bits per heavy atom. The molecule has 2 heterocycles. The number of carbonyl (C=O) groups is 1. The number of nitrogens with one attached hydrogen (secondary N) is 1. The molecule has 1 aliphatic rings. The molecule has 5 nitrogen and oxygen atoms in total. The zero-order chi connectivity index (χ0) is 17.5. The van der Waals surface area contributed by atoms with Gasteiger partial charge in [0.25, 0.3) is 5.91 Å². The quantitative estimate of drug-likeness (QED) is 0.872. The van der Waals surface area contributed by atoms with Gasteiger partial charge in [0, 0.05) is 18.4 Å². The van der Waals surface area contributed by atoms with Crippen molar-refractivity contribution in [3.8, 4) is 11.1 Å². The minimum absolute atomic E-state index is 0.0960. The van der Waals surface area contributed by atoms with Crippen LogP contribution in [-0.2, 0) is 14.3 Å². The van der Waals surface area contributed by atoms with Crippen LogP contribution in [0, 0.1) is 0 Å². The molecule has 1 N–H and O–H groups in total. The lowest BCUT2D eigenvalue weighted by atomic mass is 10.1. The molecule has 132 valence electrons. The molecule has 0 spiro atoms. The first-order chi connectivity index (χ1) is 12.2. The molecule has 1 aromatic carbocycles. The van der Waals surface area contributed by atoms with Crippen LogP contribution in [0.5, 0.6) is 0 Å². The monoisotopic (exact) mass is 340 g/mol. The van der Waals surface area contributed by atoms with Gasteiger partial charge in [0.1, 0.15) is 11.9 Å². The highest BCUT2D eigenvalue weighted by Gasteiger charge is 2.20. The number of hydrogen-bond donors (Lipinski definition) is 1. The Labute approximate surface area is 148 Å². The molecule has 2 atom stereocenters. The van der Waals surface area contributed by atoms with E-state index >= 15 is 0 Å². The second-order valence-corrected chi connectivity index (χ2v) is 6.22. The first-order valence-electron chi connectivity index (χ1n) is 8.78. The Hall–Kier alpha value is -2.24. The average Bonchev–Trinajstić information content (AvgIpc) is 2.68. The smallest absolute Gasteiger partial charge is 0.254 e. The SMILES string of the molecule is C[C@H](OC[C@@H]1CCCCO1)C(=O)Nc1ncccc1-c1ccccc1. The Kier molecular flexibility index (Phi) is 6.14. The summed E-state index contributed by atoms with van der Waals surface area (Å²) in [5.74, 6) is 0.342. The van der Waals surface area contributed by atoms with Crippen molar-refractivity contribution in [2.24, 2.45) is 0 Å². The fourth-order valence-corrected chi connectivity index (χ4v) is 2.84. The van der Waals surface area contributed by atoms with Crippen LogP contribution in [0.2, 0.25) is 0 Å². The average molecular weight is 340 g/mol. The number of aromatic nitrogens is 1. The Morgan fingerprint density at radius 2 is 2.12 bits per heavy atom. The number of pyridine rings is 1. The van der Waals surface area contributed by atoms with Crippen LogP contribution in [-0.4, -0.2) is 36.3 Å². The molecule has 0 unspecified atom stereocenters. The summed E-state index contributed by atoms with van der Waals surface area (Å²) in [7, 11) is 0. The maximum Gasteiger partial charge on any atom is 0.254 e. The summed E-state index contributed by atoms with van der Waals surface area (Å²) >= 11 is 0. The van der Waals surface area contributed by atoms with E-state index in [1.54, 1.807) is 13.1 Å². The van der Waals surface area contributed by atoms with Gasteiger partial charge in [-0.15, -0.1) is 0 Å². The van der Waals surface area contributed by atoms with Crippen molar-refractivity contribution in [1.29, 1.82) is 0 Å². The number of carbonyl (C=O) groups excluding carboxylic acids is 1. The summed E-state index contributed by atoms with van der Waals surface area (Å²) in [4.78, 5) is 16.8. The highest BCUT2D eigenvalue weighted by Crippen LogP contribution is 2.25. The summed E-state index contributed by atoms with van der Waals surface area (Å²) in [6, 6.07) is 13.7. The van der Waals surface area contributed by atoms with E-state index in [9.17, 15) is 4.79 Å². The molecule has 1 saturated heterocycles. The molecule has 0 saturated carbocycles. The minimum Gasteiger partial charge on any atom is -0.376 e. The second kappa shape index (κ2) is 8.74. The van der Waals surface area contributed by atoms with Crippen LogP contribution in [0.25, 0.3) is 11.1 Å². The number of benzene rings is 1. The van der Waals surface area contributed by atoms with E-state index < -0.39 is 6.10 Å². The summed E-state index contributed by atoms with van der Waals surface area (Å²) < 4.78 is 11.3. The molecule has 3 rings (SSSR count). The van der Waals surface area contributed by atoms with E-state index in [1.165, 1.54) is 0 Å². The van der Waals surface area contributed by atoms with Crippen molar-refractivity contribution < 1.29 is 14.3 Å². The number of anilines is 1. The van der Waals surface area contributed by atoms with Gasteiger partial charge < -0.3 is 14.8 Å². The number of nitrogens with zero attached hydrogens (tertiary/aromatic N) is 1. The summed E-state index contributed by atoms with van der Waals surface area (Å²) in [5.41, 5.74) is 1.90. The number of hydrogen-bond acceptors (Lipinski definition) is 4. The van der Waals surface area contributed by atoms with Crippen LogP contribution < -0.4 is 5.32 Å². The van der Waals surface area contributed by atoms with Crippen molar-refractivity contribution in [1.82, 2.24) is 4.98 Å². The van der Waals surface area contributed by atoms with Gasteiger partial charge in [-0.25, -0.2) is 4.98 Å². The molecule has 0 bridgehead atoms. The van der Waals surface area contributed by atoms with E-state index in [1.807, 2.05) is 42.5 Å². The van der Waals surface area contributed by atoms with E-state index in [0.717, 1.165) is 37.0 Å². The van der Waals surface area contributed by atoms with E-state index in [2.05, 4.69) is 10.3 Å². The zero-order valence-corrected chi connectivity index (χ0v) is 14.5. The molecule has 2 aromatic rings. The maximum absolute atomic E-state index is 12.5. The minimum atomic E-state index is -0.559. The Bertz CT molecular complexity index is 684. The van der Waals surface area contributed by atoms with E-state index in [0.29, 0.717) is 12.4 Å². The first-order valence-corrected chi connectivity index (χ1v) is 8.78. The molecule has 25 heavy (non-hydrogen) atoms. The number of amides is 1. The molecule has 0 aliphatic carbocycles. The topological polar surface area (TPSA) is 60.5 Å². The lowest BCUT2D eigenvalue weighted by Gasteiger charge is -2.24. The summed E-state index contributed by atoms with van der Waals surface area (Å²) in [5, 5.41) is 2.88. The molecule has 0 radical (unpaired) electrons. The molecule has 5 heteroatoms. The lowest BCUT2D eigenvalue weighted by Crippen LogP contribution is -2.33. The highest BCUT2D eigenvalue weighted by atomic mass is 16.5. The molecule has 1 aromatic heterocycles. The van der Waals surface area contributed by atoms with Crippen LogP contribution >= 0.6 is 0 Å². The van der Waals surface area contributed by atoms with Gasteiger partial charge in [-0.2, -0.15) is 0 Å². The Balaban J connectivity index is 1.61. The third kappa shape index (κ3) is 4.87. The van der Waals surface area contributed by atoms with Gasteiger partial charge in [0.15, 0.2) is 0 Å². The summed E-state index contributed by atoms with van der Waals surface area (Å²) in [6.45, 7) is 2.98.